The van der Waals surface area contributed by atoms with Crippen molar-refractivity contribution < 1.29 is 19.4 Å². The molecule has 110 valence electrons. The van der Waals surface area contributed by atoms with E-state index in [1.54, 1.807) is 7.11 Å². The molecule has 5 heteroatoms. The van der Waals surface area contributed by atoms with Crippen LogP contribution in [0.1, 0.15) is 40.0 Å². The van der Waals surface area contributed by atoms with Crippen LogP contribution in [0.15, 0.2) is 0 Å². The number of fused-ring (bicyclic) bond motifs is 2. The molecule has 0 aliphatic carbocycles. The van der Waals surface area contributed by atoms with Crippen LogP contribution in [0.5, 0.6) is 0 Å². The van der Waals surface area contributed by atoms with Gasteiger partial charge < -0.3 is 14.6 Å². The number of methoxy groups -OCH3 is 1. The summed E-state index contributed by atoms with van der Waals surface area (Å²) >= 11 is 0. The number of amides is 1. The van der Waals surface area contributed by atoms with Gasteiger partial charge in [0.05, 0.1) is 12.1 Å². The summed E-state index contributed by atoms with van der Waals surface area (Å²) in [6.07, 6.45) is 2.43. The first-order valence-corrected chi connectivity index (χ1v) is 6.96. The second-order valence-corrected chi connectivity index (χ2v) is 6.69. The smallest absolute Gasteiger partial charge is 0.411 e. The maximum atomic E-state index is 12.4. The van der Waals surface area contributed by atoms with Crippen LogP contribution in [0, 0.1) is 5.92 Å². The molecule has 2 aliphatic heterocycles. The van der Waals surface area contributed by atoms with Crippen LogP contribution in [0.25, 0.3) is 0 Å². The summed E-state index contributed by atoms with van der Waals surface area (Å²) in [6.45, 7) is 6.17. The van der Waals surface area contributed by atoms with Crippen LogP contribution in [0.4, 0.5) is 4.79 Å². The van der Waals surface area contributed by atoms with Crippen LogP contribution in [0.2, 0.25) is 0 Å². The Morgan fingerprint density at radius 3 is 2.68 bits per heavy atom. The van der Waals surface area contributed by atoms with E-state index in [2.05, 4.69) is 0 Å². The predicted molar refractivity (Wildman–Crippen MR) is 70.9 cm³/mol. The molecule has 2 saturated heterocycles. The fourth-order valence-electron chi connectivity index (χ4n) is 3.60. The van der Waals surface area contributed by atoms with Crippen LogP contribution < -0.4 is 0 Å². The van der Waals surface area contributed by atoms with Crippen molar-refractivity contribution in [3.63, 3.8) is 0 Å². The van der Waals surface area contributed by atoms with E-state index < -0.39 is 5.60 Å². The largest absolute Gasteiger partial charge is 0.444 e. The third kappa shape index (κ3) is 2.46. The Bertz CT molecular complexity index is 352. The molecule has 2 heterocycles. The van der Waals surface area contributed by atoms with Crippen molar-refractivity contribution >= 4 is 6.09 Å². The lowest BCUT2D eigenvalue weighted by Gasteiger charge is -2.38. The van der Waals surface area contributed by atoms with Gasteiger partial charge in [-0.2, -0.15) is 0 Å². The first-order chi connectivity index (χ1) is 8.84. The first-order valence-electron chi connectivity index (χ1n) is 6.96. The molecule has 2 bridgehead atoms. The van der Waals surface area contributed by atoms with E-state index >= 15 is 0 Å². The summed E-state index contributed by atoms with van der Waals surface area (Å²) in [5.41, 5.74) is -0.876. The summed E-state index contributed by atoms with van der Waals surface area (Å²) in [4.78, 5) is 14.3. The average Bonchev–Trinajstić information content (AvgIpc) is 2.78. The van der Waals surface area contributed by atoms with E-state index in [1.807, 2.05) is 25.7 Å². The van der Waals surface area contributed by atoms with Crippen molar-refractivity contribution in [2.75, 3.05) is 20.3 Å². The number of nitrogens with zero attached hydrogens (tertiary/aromatic N) is 1. The molecule has 1 N–H and O–H groups in total. The van der Waals surface area contributed by atoms with Crippen LogP contribution in [0.3, 0.4) is 0 Å². The SMILES string of the molecule is COCC12CCC(CC1CO)N2C(=O)OC(C)(C)C. The quantitative estimate of drug-likeness (QED) is 0.850. The van der Waals surface area contributed by atoms with Crippen molar-refractivity contribution in [2.45, 2.75) is 57.2 Å². The minimum absolute atomic E-state index is 0.0960. The van der Waals surface area contributed by atoms with Gasteiger partial charge in [0.2, 0.25) is 0 Å². The molecule has 0 radical (unpaired) electrons. The van der Waals surface area contributed by atoms with Gasteiger partial charge >= 0.3 is 6.09 Å². The third-order valence-corrected chi connectivity index (χ3v) is 4.28. The second kappa shape index (κ2) is 4.94. The minimum Gasteiger partial charge on any atom is -0.444 e. The van der Waals surface area contributed by atoms with Gasteiger partial charge in [0.1, 0.15) is 5.60 Å². The highest BCUT2D eigenvalue weighted by Crippen LogP contribution is 2.50. The molecule has 19 heavy (non-hydrogen) atoms. The van der Waals surface area contributed by atoms with E-state index in [0.29, 0.717) is 6.61 Å². The number of carbonyl (C=O) groups is 1. The lowest BCUT2D eigenvalue weighted by molar-refractivity contribution is -0.0216. The summed E-state index contributed by atoms with van der Waals surface area (Å²) in [5, 5.41) is 9.58. The highest BCUT2D eigenvalue weighted by molar-refractivity contribution is 5.71. The Balaban J connectivity index is 2.22. The van der Waals surface area contributed by atoms with Gasteiger partial charge in [-0.1, -0.05) is 0 Å². The maximum Gasteiger partial charge on any atom is 0.411 e. The Hall–Kier alpha value is -0.810. The maximum absolute atomic E-state index is 12.4. The molecule has 3 unspecified atom stereocenters. The summed E-state index contributed by atoms with van der Waals surface area (Å²) in [6, 6.07) is 0.183. The molecule has 1 amide bonds. The fraction of sp³-hybridized carbons (Fsp3) is 0.929. The normalized spacial score (nSPS) is 33.8. The summed E-state index contributed by atoms with van der Waals surface area (Å²) in [5.74, 6) is 0.0960. The lowest BCUT2D eigenvalue weighted by Crippen LogP contribution is -2.53. The van der Waals surface area contributed by atoms with Gasteiger partial charge in [-0.3, -0.25) is 4.90 Å². The van der Waals surface area contributed by atoms with Gasteiger partial charge in [0, 0.05) is 25.7 Å². The zero-order valence-electron chi connectivity index (χ0n) is 12.3. The monoisotopic (exact) mass is 271 g/mol. The number of carbonyl (C=O) groups excluding carboxylic acids is 1. The highest BCUT2D eigenvalue weighted by atomic mass is 16.6. The zero-order valence-corrected chi connectivity index (χ0v) is 12.3. The molecule has 0 spiro atoms. The third-order valence-electron chi connectivity index (χ3n) is 4.28. The van der Waals surface area contributed by atoms with E-state index in [1.165, 1.54) is 0 Å². The standard InChI is InChI=1S/C14H25NO4/c1-13(2,3)19-12(17)15-11-5-6-14(15,9-18-4)10(7-11)8-16/h10-11,16H,5-9H2,1-4H3. The van der Waals surface area contributed by atoms with E-state index in [0.717, 1.165) is 19.3 Å². The van der Waals surface area contributed by atoms with Crippen LogP contribution in [-0.2, 0) is 9.47 Å². The molecule has 2 rings (SSSR count). The van der Waals surface area contributed by atoms with Crippen molar-refractivity contribution in [1.29, 1.82) is 0 Å². The van der Waals surface area contributed by atoms with E-state index in [4.69, 9.17) is 9.47 Å². The Morgan fingerprint density at radius 2 is 2.16 bits per heavy atom. The fourth-order valence-corrected chi connectivity index (χ4v) is 3.60. The zero-order chi connectivity index (χ0) is 14.3. The Labute approximate surface area is 114 Å². The molecular weight excluding hydrogens is 246 g/mol. The van der Waals surface area contributed by atoms with Gasteiger partial charge in [-0.15, -0.1) is 0 Å². The number of aliphatic hydroxyl groups excluding tert-OH is 1. The van der Waals surface area contributed by atoms with Crippen LogP contribution >= 0.6 is 0 Å². The van der Waals surface area contributed by atoms with Gasteiger partial charge in [0.15, 0.2) is 0 Å². The molecule has 0 saturated carbocycles. The number of aliphatic hydroxyl groups is 1. The predicted octanol–water partition coefficient (Wildman–Crippen LogP) is 1.78. The molecular formula is C14H25NO4. The number of ether oxygens (including phenoxy) is 2. The highest BCUT2D eigenvalue weighted by Gasteiger charge is 2.60. The summed E-state index contributed by atoms with van der Waals surface area (Å²) < 4.78 is 10.8. The van der Waals surface area contributed by atoms with E-state index in [9.17, 15) is 9.90 Å². The molecule has 0 aromatic carbocycles. The summed E-state index contributed by atoms with van der Waals surface area (Å²) in [7, 11) is 1.64. The number of hydrogen-bond donors (Lipinski definition) is 1. The van der Waals surface area contributed by atoms with Gasteiger partial charge in [-0.05, 0) is 40.0 Å². The molecule has 2 fully saturated rings. The molecule has 5 nitrogen and oxygen atoms in total. The van der Waals surface area contributed by atoms with Gasteiger partial charge in [-0.25, -0.2) is 4.79 Å². The van der Waals surface area contributed by atoms with Crippen molar-refractivity contribution in [2.24, 2.45) is 5.92 Å². The number of rotatable bonds is 3. The number of hydrogen-bond acceptors (Lipinski definition) is 4. The van der Waals surface area contributed by atoms with E-state index in [-0.39, 0.29) is 30.2 Å². The molecule has 0 aromatic rings. The van der Waals surface area contributed by atoms with Crippen molar-refractivity contribution in [1.82, 2.24) is 4.90 Å². The lowest BCUT2D eigenvalue weighted by atomic mass is 9.78. The Morgan fingerprint density at radius 1 is 1.47 bits per heavy atom. The first kappa shape index (κ1) is 14.6. The molecule has 3 atom stereocenters. The molecule has 2 aliphatic rings. The topological polar surface area (TPSA) is 59.0 Å². The Kier molecular flexibility index (Phi) is 3.80. The second-order valence-electron chi connectivity index (χ2n) is 6.69. The van der Waals surface area contributed by atoms with Crippen molar-refractivity contribution in [3.8, 4) is 0 Å². The van der Waals surface area contributed by atoms with Crippen LogP contribution in [-0.4, -0.2) is 53.6 Å². The minimum atomic E-state index is -0.498. The van der Waals surface area contributed by atoms with Gasteiger partial charge in [0.25, 0.3) is 0 Å². The van der Waals surface area contributed by atoms with Crippen molar-refractivity contribution in [3.05, 3.63) is 0 Å². The molecule has 0 aromatic heterocycles. The average molecular weight is 271 g/mol.